The van der Waals surface area contributed by atoms with Gasteiger partial charge in [0.15, 0.2) is 0 Å². The minimum Gasteiger partial charge on any atom is -0.367 e. The van der Waals surface area contributed by atoms with Gasteiger partial charge in [0.2, 0.25) is 0 Å². The Morgan fingerprint density at radius 1 is 1.06 bits per heavy atom. The summed E-state index contributed by atoms with van der Waals surface area (Å²) in [6.45, 7) is 2.77. The van der Waals surface area contributed by atoms with E-state index in [1.165, 1.54) is 30.0 Å². The average molecular weight is 518 g/mol. The molecule has 2 aromatic carbocycles. The maximum atomic E-state index is 14.1. The molecule has 1 amide bonds. The lowest BCUT2D eigenvalue weighted by molar-refractivity contribution is 0.00141. The number of halogens is 3. The normalized spacial score (nSPS) is 15.3. The van der Waals surface area contributed by atoms with Crippen molar-refractivity contribution in [2.24, 2.45) is 0 Å². The predicted octanol–water partition coefficient (Wildman–Crippen LogP) is 5.45. The van der Waals surface area contributed by atoms with Gasteiger partial charge in [0.25, 0.3) is 5.91 Å². The van der Waals surface area contributed by atoms with Crippen molar-refractivity contribution in [1.29, 1.82) is 0 Å². The molecule has 184 valence electrons. The SMILES string of the molecule is CSc1ncccc1C(=O)N1CCN(C[C@@H](OCc2c(F)cccc2F)c2ccc(Cl)cc2)CC1. The molecule has 2 heterocycles. The van der Waals surface area contributed by atoms with Crippen LogP contribution in [0, 0.1) is 11.6 Å². The van der Waals surface area contributed by atoms with Crippen LogP contribution < -0.4 is 0 Å². The number of carbonyl (C=O) groups excluding carboxylic acids is 1. The largest absolute Gasteiger partial charge is 0.367 e. The Labute approximate surface area is 213 Å². The molecule has 1 fully saturated rings. The summed E-state index contributed by atoms with van der Waals surface area (Å²) in [5.41, 5.74) is 1.38. The van der Waals surface area contributed by atoms with Crippen LogP contribution in [0.3, 0.4) is 0 Å². The lowest BCUT2D eigenvalue weighted by Gasteiger charge is -2.36. The summed E-state index contributed by atoms with van der Waals surface area (Å²) in [6, 6.07) is 14.6. The molecular weight excluding hydrogens is 492 g/mol. The van der Waals surface area contributed by atoms with E-state index >= 15 is 0 Å². The van der Waals surface area contributed by atoms with Gasteiger partial charge in [-0.05, 0) is 48.2 Å². The third kappa shape index (κ3) is 6.38. The fourth-order valence-electron chi connectivity index (χ4n) is 4.04. The van der Waals surface area contributed by atoms with Crippen molar-refractivity contribution >= 4 is 29.3 Å². The summed E-state index contributed by atoms with van der Waals surface area (Å²) < 4.78 is 34.3. The first-order chi connectivity index (χ1) is 17.0. The van der Waals surface area contributed by atoms with Gasteiger partial charge in [0, 0.05) is 49.5 Å². The summed E-state index contributed by atoms with van der Waals surface area (Å²) in [4.78, 5) is 21.3. The Morgan fingerprint density at radius 3 is 2.40 bits per heavy atom. The van der Waals surface area contributed by atoms with Crippen molar-refractivity contribution in [3.05, 3.63) is 94.1 Å². The number of amides is 1. The second kappa shape index (κ2) is 11.9. The van der Waals surface area contributed by atoms with Crippen molar-refractivity contribution in [1.82, 2.24) is 14.8 Å². The zero-order chi connectivity index (χ0) is 24.8. The van der Waals surface area contributed by atoms with Crippen LogP contribution in [0.2, 0.25) is 5.02 Å². The van der Waals surface area contributed by atoms with Gasteiger partial charge >= 0.3 is 0 Å². The van der Waals surface area contributed by atoms with Gasteiger partial charge in [-0.3, -0.25) is 9.69 Å². The van der Waals surface area contributed by atoms with E-state index in [9.17, 15) is 13.6 Å². The third-order valence-corrected chi connectivity index (χ3v) is 6.97. The van der Waals surface area contributed by atoms with Gasteiger partial charge < -0.3 is 9.64 Å². The molecule has 9 heteroatoms. The number of hydrogen-bond donors (Lipinski definition) is 0. The number of pyridine rings is 1. The maximum absolute atomic E-state index is 14.1. The molecule has 5 nitrogen and oxygen atoms in total. The minimum absolute atomic E-state index is 0.0253. The van der Waals surface area contributed by atoms with Crippen molar-refractivity contribution in [3.8, 4) is 0 Å². The monoisotopic (exact) mass is 517 g/mol. The molecule has 1 atom stereocenters. The Kier molecular flexibility index (Phi) is 8.73. The van der Waals surface area contributed by atoms with E-state index in [4.69, 9.17) is 16.3 Å². The zero-order valence-electron chi connectivity index (χ0n) is 19.3. The molecule has 0 saturated carbocycles. The highest BCUT2D eigenvalue weighted by Crippen LogP contribution is 2.25. The third-order valence-electron chi connectivity index (χ3n) is 6.01. The highest BCUT2D eigenvalue weighted by atomic mass is 35.5. The zero-order valence-corrected chi connectivity index (χ0v) is 20.9. The number of aromatic nitrogens is 1. The average Bonchev–Trinajstić information content (AvgIpc) is 2.88. The Morgan fingerprint density at radius 2 is 1.74 bits per heavy atom. The van der Waals surface area contributed by atoms with Crippen molar-refractivity contribution in [3.63, 3.8) is 0 Å². The van der Waals surface area contributed by atoms with E-state index in [-0.39, 0.29) is 18.1 Å². The van der Waals surface area contributed by atoms with Crippen LogP contribution >= 0.6 is 23.4 Å². The number of piperazine rings is 1. The van der Waals surface area contributed by atoms with Crippen LogP contribution in [0.5, 0.6) is 0 Å². The molecule has 0 spiro atoms. The Bertz CT molecular complexity index is 1140. The van der Waals surface area contributed by atoms with E-state index in [0.29, 0.717) is 43.3 Å². The first-order valence-electron chi connectivity index (χ1n) is 11.3. The molecule has 1 aliphatic rings. The quantitative estimate of drug-likeness (QED) is 0.372. The second-order valence-corrected chi connectivity index (χ2v) is 9.44. The Hall–Kier alpha value is -2.52. The van der Waals surface area contributed by atoms with Gasteiger partial charge in [-0.15, -0.1) is 11.8 Å². The molecule has 0 bridgehead atoms. The van der Waals surface area contributed by atoms with Crippen LogP contribution in [0.25, 0.3) is 0 Å². The van der Waals surface area contributed by atoms with E-state index < -0.39 is 17.7 Å². The van der Waals surface area contributed by atoms with E-state index in [2.05, 4.69) is 9.88 Å². The summed E-state index contributed by atoms with van der Waals surface area (Å²) in [5.74, 6) is -1.29. The number of thioether (sulfide) groups is 1. The smallest absolute Gasteiger partial charge is 0.256 e. The topological polar surface area (TPSA) is 45.7 Å². The number of ether oxygens (including phenoxy) is 1. The molecule has 0 unspecified atom stereocenters. The van der Waals surface area contributed by atoms with Crippen LogP contribution in [0.4, 0.5) is 8.78 Å². The van der Waals surface area contributed by atoms with E-state index in [1.54, 1.807) is 30.5 Å². The molecule has 0 N–H and O–H groups in total. The second-order valence-electron chi connectivity index (χ2n) is 8.20. The predicted molar refractivity (Wildman–Crippen MR) is 134 cm³/mol. The van der Waals surface area contributed by atoms with Gasteiger partial charge in [-0.1, -0.05) is 29.8 Å². The summed E-state index contributed by atoms with van der Waals surface area (Å²) in [5, 5.41) is 1.32. The maximum Gasteiger partial charge on any atom is 0.256 e. The number of nitrogens with zero attached hydrogens (tertiary/aromatic N) is 3. The first-order valence-corrected chi connectivity index (χ1v) is 12.9. The summed E-state index contributed by atoms with van der Waals surface area (Å²) >= 11 is 7.50. The van der Waals surface area contributed by atoms with Gasteiger partial charge in [0.05, 0.1) is 18.3 Å². The van der Waals surface area contributed by atoms with Gasteiger partial charge in [-0.2, -0.15) is 0 Å². The number of benzene rings is 2. The Balaban J connectivity index is 1.42. The van der Waals surface area contributed by atoms with Gasteiger partial charge in [-0.25, -0.2) is 13.8 Å². The van der Waals surface area contributed by atoms with Crippen LogP contribution in [0.1, 0.15) is 27.6 Å². The molecule has 35 heavy (non-hydrogen) atoms. The molecule has 1 saturated heterocycles. The number of rotatable bonds is 8. The van der Waals surface area contributed by atoms with Crippen molar-refractivity contribution < 1.29 is 18.3 Å². The van der Waals surface area contributed by atoms with Crippen LogP contribution in [-0.2, 0) is 11.3 Å². The highest BCUT2D eigenvalue weighted by molar-refractivity contribution is 7.98. The first kappa shape index (κ1) is 25.6. The minimum atomic E-state index is -0.632. The molecule has 3 aromatic rings. The standard InChI is InChI=1S/C26H26ClF2N3O2S/c1-35-25-20(4-3-11-30-25)26(33)32-14-12-31(13-15-32)16-24(18-7-9-19(27)10-8-18)34-17-21-22(28)5-2-6-23(21)29/h2-11,24H,12-17H2,1H3/t24-/m1/s1. The van der Waals surface area contributed by atoms with Crippen molar-refractivity contribution in [2.45, 2.75) is 17.7 Å². The highest BCUT2D eigenvalue weighted by Gasteiger charge is 2.26. The number of carbonyl (C=O) groups is 1. The fraction of sp³-hybridized carbons (Fsp3) is 0.308. The van der Waals surface area contributed by atoms with Crippen molar-refractivity contribution in [2.75, 3.05) is 39.0 Å². The lowest BCUT2D eigenvalue weighted by Crippen LogP contribution is -2.49. The van der Waals surface area contributed by atoms with Crippen LogP contribution in [-0.4, -0.2) is 59.7 Å². The van der Waals surface area contributed by atoms with E-state index in [1.807, 2.05) is 23.3 Å². The van der Waals surface area contributed by atoms with Crippen LogP contribution in [0.15, 0.2) is 65.8 Å². The molecule has 1 aliphatic heterocycles. The lowest BCUT2D eigenvalue weighted by atomic mass is 10.1. The van der Waals surface area contributed by atoms with Gasteiger partial charge in [0.1, 0.15) is 16.7 Å². The summed E-state index contributed by atoms with van der Waals surface area (Å²) in [6.07, 6.45) is 3.17. The fourth-order valence-corrected chi connectivity index (χ4v) is 4.71. The molecular formula is C26H26ClF2N3O2S. The molecule has 1 aromatic heterocycles. The molecule has 0 radical (unpaired) electrons. The van der Waals surface area contributed by atoms with E-state index in [0.717, 1.165) is 10.6 Å². The summed E-state index contributed by atoms with van der Waals surface area (Å²) in [7, 11) is 0. The molecule has 4 rings (SSSR count). The molecule has 0 aliphatic carbocycles. The number of hydrogen-bond acceptors (Lipinski definition) is 5.